The molecule has 10 aromatic carbocycles. The van der Waals surface area contributed by atoms with Crippen LogP contribution in [0.2, 0.25) is 0 Å². The smallest absolute Gasteiger partial charge is 0.160 e. The van der Waals surface area contributed by atoms with E-state index in [0.717, 1.165) is 72.6 Å². The summed E-state index contributed by atoms with van der Waals surface area (Å²) in [4.78, 5) is 14.3. The second-order valence-corrected chi connectivity index (χ2v) is 18.3. The second kappa shape index (κ2) is 20.3. The van der Waals surface area contributed by atoms with Crippen LogP contribution in [0.15, 0.2) is 249 Å². The van der Waals surface area contributed by atoms with Crippen molar-refractivity contribution >= 4 is 55.9 Å². The van der Waals surface area contributed by atoms with Gasteiger partial charge in [0.1, 0.15) is 12.1 Å². The van der Waals surface area contributed by atoms with Crippen LogP contribution in [0.4, 0.5) is 34.1 Å². The minimum absolute atomic E-state index is 0.338. The van der Waals surface area contributed by atoms with Gasteiger partial charge in [0, 0.05) is 61.6 Å². The Morgan fingerprint density at radius 1 is 0.312 bits per heavy atom. The zero-order valence-electron chi connectivity index (χ0n) is 41.2. The highest BCUT2D eigenvalue weighted by Crippen LogP contribution is 2.44. The van der Waals surface area contributed by atoms with Gasteiger partial charge in [-0.25, -0.2) is 9.97 Å². The van der Waals surface area contributed by atoms with E-state index >= 15 is 0 Å². The summed E-state index contributed by atoms with van der Waals surface area (Å²) in [5, 5.41) is 43.6. The summed E-state index contributed by atoms with van der Waals surface area (Å²) in [6.45, 7) is 0. The molecule has 0 atom stereocenters. The number of rotatable bonds is 11. The quantitative estimate of drug-likeness (QED) is 0.125. The second-order valence-electron chi connectivity index (χ2n) is 18.3. The highest BCUT2D eigenvalue weighted by atomic mass is 15.1. The molecule has 9 nitrogen and oxygen atoms in total. The molecule has 12 rings (SSSR count). The van der Waals surface area contributed by atoms with Crippen molar-refractivity contribution in [2.45, 2.75) is 0 Å². The summed E-state index contributed by atoms with van der Waals surface area (Å²) < 4.78 is 2.07. The average Bonchev–Trinajstić information content (AvgIpc) is 3.89. The number of para-hydroxylation sites is 4. The molecule has 9 heteroatoms. The highest BCUT2D eigenvalue weighted by Gasteiger charge is 2.24. The van der Waals surface area contributed by atoms with Gasteiger partial charge in [0.15, 0.2) is 5.82 Å². The maximum absolute atomic E-state index is 11.2. The van der Waals surface area contributed by atoms with Crippen molar-refractivity contribution in [3.63, 3.8) is 0 Å². The summed E-state index contributed by atoms with van der Waals surface area (Å²) in [5.41, 5.74) is 14.7. The SMILES string of the molecule is N#Cc1cccc(-c2cc(-c3ccc(-c4cc(C#N)c(-n5c6ccc(N(c7ccccc7)c7ccccc7)cc6c6cc(N(c7ccccc7)c7ccccc7)ccc65)c(C#N)c4)cc3)nc(-c3cccc(C#N)c3)n2)c1. The van der Waals surface area contributed by atoms with E-state index in [0.29, 0.717) is 56.3 Å². The molecule has 0 radical (unpaired) electrons. The molecule has 0 saturated carbocycles. The molecule has 0 aliphatic carbocycles. The normalized spacial score (nSPS) is 10.8. The summed E-state index contributed by atoms with van der Waals surface area (Å²) in [6.07, 6.45) is 0. The van der Waals surface area contributed by atoms with Gasteiger partial charge < -0.3 is 14.4 Å². The molecule has 0 N–H and O–H groups in total. The van der Waals surface area contributed by atoms with Crippen molar-refractivity contribution in [1.29, 1.82) is 21.0 Å². The molecule has 12 aromatic rings. The lowest BCUT2D eigenvalue weighted by molar-refractivity contribution is 1.15. The van der Waals surface area contributed by atoms with E-state index in [-0.39, 0.29) is 0 Å². The first-order chi connectivity index (χ1) is 38.0. The molecule has 2 heterocycles. The van der Waals surface area contributed by atoms with Crippen molar-refractivity contribution in [1.82, 2.24) is 14.5 Å². The Morgan fingerprint density at radius 3 is 1.17 bits per heavy atom. The van der Waals surface area contributed by atoms with Crippen LogP contribution >= 0.6 is 0 Å². The highest BCUT2D eigenvalue weighted by molar-refractivity contribution is 6.12. The van der Waals surface area contributed by atoms with Crippen LogP contribution in [-0.2, 0) is 0 Å². The molecule has 0 bridgehead atoms. The van der Waals surface area contributed by atoms with Crippen molar-refractivity contribution in [2.75, 3.05) is 9.80 Å². The fourth-order valence-electron chi connectivity index (χ4n) is 10.1. The molecular weight excluding hydrogens is 943 g/mol. The monoisotopic (exact) mass is 983 g/mol. The van der Waals surface area contributed by atoms with E-state index in [1.54, 1.807) is 30.3 Å². The van der Waals surface area contributed by atoms with Gasteiger partial charge >= 0.3 is 0 Å². The van der Waals surface area contributed by atoms with Gasteiger partial charge in [0.2, 0.25) is 0 Å². The summed E-state index contributed by atoms with van der Waals surface area (Å²) in [5.74, 6) is 0.431. The van der Waals surface area contributed by atoms with Gasteiger partial charge in [-0.3, -0.25) is 0 Å². The third-order valence-electron chi connectivity index (χ3n) is 13.7. The number of nitrogens with zero attached hydrogens (tertiary/aromatic N) is 9. The first-order valence-electron chi connectivity index (χ1n) is 24.9. The largest absolute Gasteiger partial charge is 0.310 e. The minimum Gasteiger partial charge on any atom is -0.310 e. The van der Waals surface area contributed by atoms with Gasteiger partial charge in [0.25, 0.3) is 0 Å². The number of anilines is 6. The molecule has 0 fully saturated rings. The Labute approximate surface area is 445 Å². The van der Waals surface area contributed by atoms with E-state index in [4.69, 9.17) is 9.97 Å². The Balaban J connectivity index is 1.01. The van der Waals surface area contributed by atoms with Crippen molar-refractivity contribution < 1.29 is 0 Å². The average molecular weight is 984 g/mol. The lowest BCUT2D eigenvalue weighted by Crippen LogP contribution is -2.09. The van der Waals surface area contributed by atoms with Crippen LogP contribution in [0.25, 0.3) is 72.5 Å². The molecule has 0 unspecified atom stereocenters. The third-order valence-corrected chi connectivity index (χ3v) is 13.7. The van der Waals surface area contributed by atoms with E-state index in [1.165, 1.54) is 0 Å². The lowest BCUT2D eigenvalue weighted by atomic mass is 9.96. The molecule has 358 valence electrons. The molecule has 0 aliphatic rings. The summed E-state index contributed by atoms with van der Waals surface area (Å²) in [6, 6.07) is 91.2. The predicted molar refractivity (Wildman–Crippen MR) is 306 cm³/mol. The summed E-state index contributed by atoms with van der Waals surface area (Å²) >= 11 is 0. The Kier molecular flexibility index (Phi) is 12.3. The third kappa shape index (κ3) is 8.92. The maximum atomic E-state index is 11.2. The first kappa shape index (κ1) is 46.7. The fourth-order valence-corrected chi connectivity index (χ4v) is 10.1. The molecular formula is C68H41N9. The van der Waals surface area contributed by atoms with Gasteiger partial charge in [-0.2, -0.15) is 21.0 Å². The Morgan fingerprint density at radius 2 is 0.727 bits per heavy atom. The van der Waals surface area contributed by atoms with Crippen LogP contribution in [0.3, 0.4) is 0 Å². The zero-order chi connectivity index (χ0) is 52.2. The van der Waals surface area contributed by atoms with Gasteiger partial charge in [-0.15, -0.1) is 0 Å². The number of fused-ring (bicyclic) bond motifs is 3. The Hall–Kier alpha value is -11.4. The van der Waals surface area contributed by atoms with Crippen molar-refractivity contribution in [3.05, 3.63) is 271 Å². The number of nitriles is 4. The summed E-state index contributed by atoms with van der Waals surface area (Å²) in [7, 11) is 0. The number of hydrogen-bond acceptors (Lipinski definition) is 8. The number of hydrogen-bond donors (Lipinski definition) is 0. The molecule has 0 aliphatic heterocycles. The van der Waals surface area contributed by atoms with E-state index in [1.807, 2.05) is 133 Å². The number of aromatic nitrogens is 3. The standard InChI is InChI=1S/C68H41N9/c69-42-46-15-13-17-50(35-46)64-41-63(73-68(74-64)51-18-14-16-47(36-51)43-70)49-29-27-48(28-30-49)52-37-53(44-71)67(54(38-52)45-72)77-65-33-31-59(75(55-19-5-1-6-20-55)56-21-7-2-8-22-56)39-61(65)62-40-60(32-34-66(62)77)76(57-23-9-3-10-24-57)58-25-11-4-12-26-58/h1-41H. The van der Waals surface area contributed by atoms with Crippen molar-refractivity contribution in [3.8, 4) is 75.0 Å². The first-order valence-corrected chi connectivity index (χ1v) is 24.9. The van der Waals surface area contributed by atoms with Crippen LogP contribution in [0.1, 0.15) is 22.3 Å². The zero-order valence-corrected chi connectivity index (χ0v) is 41.2. The molecule has 0 saturated heterocycles. The van der Waals surface area contributed by atoms with Gasteiger partial charge in [0.05, 0.1) is 62.5 Å². The maximum Gasteiger partial charge on any atom is 0.160 e. The van der Waals surface area contributed by atoms with Crippen LogP contribution in [-0.4, -0.2) is 14.5 Å². The molecule has 77 heavy (non-hydrogen) atoms. The predicted octanol–water partition coefficient (Wildman–Crippen LogP) is 16.7. The molecule has 2 aromatic heterocycles. The molecule has 0 spiro atoms. The van der Waals surface area contributed by atoms with E-state index in [9.17, 15) is 21.0 Å². The number of benzene rings is 10. The van der Waals surface area contributed by atoms with E-state index < -0.39 is 0 Å². The topological polar surface area (TPSA) is 132 Å². The minimum atomic E-state index is 0.338. The lowest BCUT2D eigenvalue weighted by Gasteiger charge is -2.26. The van der Waals surface area contributed by atoms with Gasteiger partial charge in [-0.05, 0) is 139 Å². The Bertz CT molecular complexity index is 4040. The fraction of sp³-hybridized carbons (Fsp3) is 0. The van der Waals surface area contributed by atoms with Crippen LogP contribution < -0.4 is 9.80 Å². The van der Waals surface area contributed by atoms with E-state index in [2.05, 4.69) is 124 Å². The van der Waals surface area contributed by atoms with Crippen molar-refractivity contribution in [2.24, 2.45) is 0 Å². The van der Waals surface area contributed by atoms with Crippen LogP contribution in [0, 0.1) is 45.3 Å². The van der Waals surface area contributed by atoms with Crippen LogP contribution in [0.5, 0.6) is 0 Å². The van der Waals surface area contributed by atoms with Gasteiger partial charge in [-0.1, -0.05) is 121 Å². The molecule has 0 amide bonds.